The van der Waals surface area contributed by atoms with E-state index in [1.165, 1.54) is 23.7 Å². The molecule has 0 bridgehead atoms. The Morgan fingerprint density at radius 3 is 2.64 bits per heavy atom. The molecule has 0 aliphatic carbocycles. The lowest BCUT2D eigenvalue weighted by molar-refractivity contribution is 0.404. The SMILES string of the molecule is COc1nscc1-c1ccc(F)cc1. The smallest absolute Gasteiger partial charge is 0.232 e. The van der Waals surface area contributed by atoms with E-state index in [4.69, 9.17) is 4.74 Å². The van der Waals surface area contributed by atoms with E-state index in [1.807, 2.05) is 5.38 Å². The fourth-order valence-corrected chi connectivity index (χ4v) is 1.86. The molecular formula is C10H8FNOS. The molecular weight excluding hydrogens is 201 g/mol. The summed E-state index contributed by atoms with van der Waals surface area (Å²) in [6, 6.07) is 6.27. The van der Waals surface area contributed by atoms with Crippen LogP contribution in [0.5, 0.6) is 5.88 Å². The Hall–Kier alpha value is -1.42. The third kappa shape index (κ3) is 1.61. The molecule has 0 saturated heterocycles. The first-order valence-electron chi connectivity index (χ1n) is 4.05. The van der Waals surface area contributed by atoms with Crippen molar-refractivity contribution in [2.45, 2.75) is 0 Å². The van der Waals surface area contributed by atoms with Gasteiger partial charge in [-0.15, -0.1) is 0 Å². The van der Waals surface area contributed by atoms with Crippen molar-refractivity contribution in [3.63, 3.8) is 0 Å². The Morgan fingerprint density at radius 1 is 1.29 bits per heavy atom. The maximum Gasteiger partial charge on any atom is 0.232 e. The molecule has 14 heavy (non-hydrogen) atoms. The summed E-state index contributed by atoms with van der Waals surface area (Å²) in [6.45, 7) is 0. The van der Waals surface area contributed by atoms with Crippen molar-refractivity contribution in [3.05, 3.63) is 35.5 Å². The van der Waals surface area contributed by atoms with Gasteiger partial charge in [0, 0.05) is 5.38 Å². The lowest BCUT2D eigenvalue weighted by atomic mass is 10.1. The van der Waals surface area contributed by atoms with Gasteiger partial charge in [0.2, 0.25) is 5.88 Å². The van der Waals surface area contributed by atoms with Gasteiger partial charge in [0.15, 0.2) is 0 Å². The number of aromatic nitrogens is 1. The minimum absolute atomic E-state index is 0.240. The molecule has 0 aliphatic rings. The molecule has 2 rings (SSSR count). The van der Waals surface area contributed by atoms with Gasteiger partial charge in [-0.3, -0.25) is 0 Å². The lowest BCUT2D eigenvalue weighted by Crippen LogP contribution is -1.85. The average Bonchev–Trinajstić information content (AvgIpc) is 2.67. The number of halogens is 1. The Morgan fingerprint density at radius 2 is 2.00 bits per heavy atom. The van der Waals surface area contributed by atoms with Crippen LogP contribution in [0.1, 0.15) is 0 Å². The molecule has 2 nitrogen and oxygen atoms in total. The van der Waals surface area contributed by atoms with Crippen molar-refractivity contribution < 1.29 is 9.13 Å². The highest BCUT2D eigenvalue weighted by molar-refractivity contribution is 7.04. The fraction of sp³-hybridized carbons (Fsp3) is 0.100. The molecule has 0 saturated carbocycles. The first-order chi connectivity index (χ1) is 6.81. The quantitative estimate of drug-likeness (QED) is 0.758. The van der Waals surface area contributed by atoms with Crippen LogP contribution in [0.15, 0.2) is 29.6 Å². The molecule has 0 fully saturated rings. The van der Waals surface area contributed by atoms with Gasteiger partial charge < -0.3 is 4.74 Å². The highest BCUT2D eigenvalue weighted by Gasteiger charge is 2.07. The van der Waals surface area contributed by atoms with Crippen LogP contribution in [0.2, 0.25) is 0 Å². The summed E-state index contributed by atoms with van der Waals surface area (Å²) in [7, 11) is 1.57. The largest absolute Gasteiger partial charge is 0.480 e. The van der Waals surface area contributed by atoms with Crippen molar-refractivity contribution in [1.29, 1.82) is 0 Å². The number of rotatable bonds is 2. The Balaban J connectivity index is 2.44. The summed E-state index contributed by atoms with van der Waals surface area (Å²) in [5.41, 5.74) is 1.81. The summed E-state index contributed by atoms with van der Waals surface area (Å²) in [5.74, 6) is 0.345. The van der Waals surface area contributed by atoms with Crippen LogP contribution in [0, 0.1) is 5.82 Å². The van der Waals surface area contributed by atoms with Crippen LogP contribution in [-0.2, 0) is 0 Å². The predicted octanol–water partition coefficient (Wildman–Crippen LogP) is 2.96. The predicted molar refractivity (Wildman–Crippen MR) is 54.1 cm³/mol. The molecule has 0 aliphatic heterocycles. The molecule has 1 heterocycles. The van der Waals surface area contributed by atoms with E-state index in [0.29, 0.717) is 5.88 Å². The number of methoxy groups -OCH3 is 1. The molecule has 0 N–H and O–H groups in total. The summed E-state index contributed by atoms with van der Waals surface area (Å²) >= 11 is 1.32. The summed E-state index contributed by atoms with van der Waals surface area (Å²) < 4.78 is 21.8. The first kappa shape index (κ1) is 9.15. The van der Waals surface area contributed by atoms with Gasteiger partial charge in [0.25, 0.3) is 0 Å². The molecule has 0 atom stereocenters. The van der Waals surface area contributed by atoms with E-state index in [1.54, 1.807) is 19.2 Å². The van der Waals surface area contributed by atoms with Crippen LogP contribution in [0.4, 0.5) is 4.39 Å². The molecule has 0 spiro atoms. The number of ether oxygens (including phenoxy) is 1. The van der Waals surface area contributed by atoms with Crippen molar-refractivity contribution >= 4 is 11.5 Å². The summed E-state index contributed by atoms with van der Waals surface area (Å²) in [6.07, 6.45) is 0. The monoisotopic (exact) mass is 209 g/mol. The van der Waals surface area contributed by atoms with E-state index in [2.05, 4.69) is 4.37 Å². The third-order valence-electron chi connectivity index (χ3n) is 1.89. The maximum absolute atomic E-state index is 12.7. The molecule has 4 heteroatoms. The van der Waals surface area contributed by atoms with Crippen LogP contribution in [-0.4, -0.2) is 11.5 Å². The highest BCUT2D eigenvalue weighted by atomic mass is 32.1. The normalized spacial score (nSPS) is 10.1. The van der Waals surface area contributed by atoms with Crippen molar-refractivity contribution in [3.8, 4) is 17.0 Å². The molecule has 0 radical (unpaired) electrons. The van der Waals surface area contributed by atoms with Gasteiger partial charge in [-0.1, -0.05) is 12.1 Å². The van der Waals surface area contributed by atoms with E-state index in [9.17, 15) is 4.39 Å². The fourth-order valence-electron chi connectivity index (χ4n) is 1.19. The zero-order valence-corrected chi connectivity index (χ0v) is 8.34. The minimum Gasteiger partial charge on any atom is -0.480 e. The maximum atomic E-state index is 12.7. The van der Waals surface area contributed by atoms with Gasteiger partial charge in [-0.25, -0.2) is 4.39 Å². The van der Waals surface area contributed by atoms with Crippen LogP contribution in [0.3, 0.4) is 0 Å². The Labute approximate surface area is 85.1 Å². The molecule has 0 unspecified atom stereocenters. The zero-order chi connectivity index (χ0) is 9.97. The van der Waals surface area contributed by atoms with Gasteiger partial charge in [-0.2, -0.15) is 4.37 Å². The molecule has 1 aromatic carbocycles. The third-order valence-corrected chi connectivity index (χ3v) is 2.50. The second-order valence-electron chi connectivity index (χ2n) is 2.74. The van der Waals surface area contributed by atoms with Crippen LogP contribution < -0.4 is 4.74 Å². The van der Waals surface area contributed by atoms with Gasteiger partial charge in [0.1, 0.15) is 5.82 Å². The first-order valence-corrected chi connectivity index (χ1v) is 4.89. The zero-order valence-electron chi connectivity index (χ0n) is 7.53. The van der Waals surface area contributed by atoms with E-state index in [-0.39, 0.29) is 5.82 Å². The second kappa shape index (κ2) is 3.75. The number of hydrogen-bond acceptors (Lipinski definition) is 3. The van der Waals surface area contributed by atoms with Crippen LogP contribution >= 0.6 is 11.5 Å². The summed E-state index contributed by atoms with van der Waals surface area (Å²) in [4.78, 5) is 0. The average molecular weight is 209 g/mol. The minimum atomic E-state index is -0.240. The van der Waals surface area contributed by atoms with Gasteiger partial charge in [-0.05, 0) is 29.2 Å². The number of hydrogen-bond donors (Lipinski definition) is 0. The Kier molecular flexibility index (Phi) is 2.45. The van der Waals surface area contributed by atoms with E-state index < -0.39 is 0 Å². The van der Waals surface area contributed by atoms with Gasteiger partial charge >= 0.3 is 0 Å². The van der Waals surface area contributed by atoms with E-state index >= 15 is 0 Å². The lowest BCUT2D eigenvalue weighted by Gasteiger charge is -2.00. The number of benzene rings is 1. The van der Waals surface area contributed by atoms with E-state index in [0.717, 1.165) is 11.1 Å². The number of nitrogens with zero attached hydrogens (tertiary/aromatic N) is 1. The topological polar surface area (TPSA) is 22.1 Å². The standard InChI is InChI=1S/C10H8FNOS/c1-13-10-9(6-14-12-10)7-2-4-8(11)5-3-7/h2-6H,1H3. The molecule has 2 aromatic rings. The molecule has 0 amide bonds. The second-order valence-corrected chi connectivity index (χ2v) is 3.37. The molecule has 72 valence electrons. The summed E-state index contributed by atoms with van der Waals surface area (Å²) in [5, 5.41) is 1.88. The van der Waals surface area contributed by atoms with Gasteiger partial charge in [0.05, 0.1) is 12.7 Å². The van der Waals surface area contributed by atoms with Crippen molar-refractivity contribution in [2.24, 2.45) is 0 Å². The van der Waals surface area contributed by atoms with Crippen molar-refractivity contribution in [1.82, 2.24) is 4.37 Å². The highest BCUT2D eigenvalue weighted by Crippen LogP contribution is 2.30. The van der Waals surface area contributed by atoms with Crippen molar-refractivity contribution in [2.75, 3.05) is 7.11 Å². The van der Waals surface area contributed by atoms with Crippen LogP contribution in [0.25, 0.3) is 11.1 Å². The Bertz CT molecular complexity index is 424. The molecule has 1 aromatic heterocycles.